The monoisotopic (exact) mass is 435 g/mol. The zero-order chi connectivity index (χ0) is 20.6. The minimum absolute atomic E-state index is 0.102. The summed E-state index contributed by atoms with van der Waals surface area (Å²) in [6.45, 7) is 0.244. The molecule has 1 atom stereocenters. The average molecular weight is 436 g/mol. The molecule has 2 fully saturated rings. The van der Waals surface area contributed by atoms with Crippen molar-refractivity contribution >= 4 is 27.3 Å². The summed E-state index contributed by atoms with van der Waals surface area (Å²) < 4.78 is 26.8. The minimum atomic E-state index is -3.45. The molecule has 0 radical (unpaired) electrons. The van der Waals surface area contributed by atoms with Gasteiger partial charge in [-0.05, 0) is 30.9 Å². The van der Waals surface area contributed by atoms with E-state index in [0.29, 0.717) is 16.5 Å². The van der Waals surface area contributed by atoms with Crippen LogP contribution < -0.4 is 5.56 Å². The standard InChI is InChI=1S/C20H22ClN3O4S/c21-16-4-2-1-3-15(16)18-7-8-23(9-10-29(18,27)28)20(26)12-24-13-22-17(11-19(24)25)14-5-6-14/h1-4,11,13-14,18H,5-10,12H2/t18-/m1/s1. The van der Waals surface area contributed by atoms with E-state index in [-0.39, 0.29) is 43.3 Å². The molecule has 29 heavy (non-hydrogen) atoms. The van der Waals surface area contributed by atoms with Crippen molar-refractivity contribution in [3.63, 3.8) is 0 Å². The van der Waals surface area contributed by atoms with Gasteiger partial charge >= 0.3 is 0 Å². The second kappa shape index (κ2) is 7.91. The highest BCUT2D eigenvalue weighted by molar-refractivity contribution is 7.91. The first kappa shape index (κ1) is 20.1. The summed E-state index contributed by atoms with van der Waals surface area (Å²) in [6.07, 6.45) is 3.77. The number of aromatic nitrogens is 2. The van der Waals surface area contributed by atoms with Gasteiger partial charge in [-0.1, -0.05) is 29.8 Å². The number of hydrogen-bond acceptors (Lipinski definition) is 5. The first-order valence-electron chi connectivity index (χ1n) is 9.65. The van der Waals surface area contributed by atoms with Crippen LogP contribution in [0.4, 0.5) is 0 Å². The van der Waals surface area contributed by atoms with Crippen molar-refractivity contribution in [2.75, 3.05) is 18.8 Å². The number of sulfone groups is 1. The summed E-state index contributed by atoms with van der Waals surface area (Å²) in [4.78, 5) is 30.8. The van der Waals surface area contributed by atoms with Crippen LogP contribution in [-0.4, -0.2) is 47.6 Å². The Morgan fingerprint density at radius 2 is 1.93 bits per heavy atom. The highest BCUT2D eigenvalue weighted by Crippen LogP contribution is 2.38. The van der Waals surface area contributed by atoms with Gasteiger partial charge in [0.05, 0.1) is 23.0 Å². The number of amides is 1. The van der Waals surface area contributed by atoms with Gasteiger partial charge in [0.15, 0.2) is 9.84 Å². The van der Waals surface area contributed by atoms with E-state index >= 15 is 0 Å². The quantitative estimate of drug-likeness (QED) is 0.734. The van der Waals surface area contributed by atoms with E-state index in [1.165, 1.54) is 21.9 Å². The lowest BCUT2D eigenvalue weighted by atomic mass is 10.1. The van der Waals surface area contributed by atoms with Crippen molar-refractivity contribution in [3.05, 3.63) is 63.3 Å². The van der Waals surface area contributed by atoms with Crippen molar-refractivity contribution in [3.8, 4) is 0 Å². The molecule has 2 aliphatic rings. The number of nitrogens with zero attached hydrogens (tertiary/aromatic N) is 3. The average Bonchev–Trinajstić information content (AvgIpc) is 3.52. The summed E-state index contributed by atoms with van der Waals surface area (Å²) in [5, 5.41) is -0.328. The Kier molecular flexibility index (Phi) is 5.48. The summed E-state index contributed by atoms with van der Waals surface area (Å²) in [5.74, 6) is -0.0590. The fraction of sp³-hybridized carbons (Fsp3) is 0.450. The van der Waals surface area contributed by atoms with Crippen LogP contribution in [0.15, 0.2) is 41.5 Å². The highest BCUT2D eigenvalue weighted by atomic mass is 35.5. The normalized spacial score (nSPS) is 21.6. The lowest BCUT2D eigenvalue weighted by Crippen LogP contribution is -2.38. The maximum absolute atomic E-state index is 12.8. The van der Waals surface area contributed by atoms with Gasteiger partial charge in [0.2, 0.25) is 5.91 Å². The van der Waals surface area contributed by atoms with Crippen LogP contribution in [-0.2, 0) is 21.2 Å². The molecule has 154 valence electrons. The van der Waals surface area contributed by atoms with E-state index in [9.17, 15) is 18.0 Å². The number of rotatable bonds is 4. The fourth-order valence-electron chi connectivity index (χ4n) is 3.69. The smallest absolute Gasteiger partial charge is 0.254 e. The number of benzene rings is 1. The van der Waals surface area contributed by atoms with Gasteiger partial charge < -0.3 is 4.90 Å². The number of carbonyl (C=O) groups excluding carboxylic acids is 1. The molecule has 1 amide bonds. The summed E-state index contributed by atoms with van der Waals surface area (Å²) in [6, 6.07) is 8.39. The van der Waals surface area contributed by atoms with Gasteiger partial charge in [0.25, 0.3) is 5.56 Å². The van der Waals surface area contributed by atoms with E-state index in [4.69, 9.17) is 11.6 Å². The molecule has 0 spiro atoms. The molecular formula is C20H22ClN3O4S. The van der Waals surface area contributed by atoms with Crippen molar-refractivity contribution in [2.24, 2.45) is 0 Å². The molecule has 1 saturated heterocycles. The molecule has 1 aromatic heterocycles. The van der Waals surface area contributed by atoms with Crippen molar-refractivity contribution in [1.82, 2.24) is 14.5 Å². The third-order valence-electron chi connectivity index (χ3n) is 5.55. The third kappa shape index (κ3) is 4.38. The number of hydrogen-bond donors (Lipinski definition) is 0. The van der Waals surface area contributed by atoms with Crippen LogP contribution in [0, 0.1) is 0 Å². The largest absolute Gasteiger partial charge is 0.340 e. The zero-order valence-electron chi connectivity index (χ0n) is 15.8. The predicted octanol–water partition coefficient (Wildman–Crippen LogP) is 2.16. The molecule has 0 bridgehead atoms. The molecule has 0 N–H and O–H groups in total. The second-order valence-electron chi connectivity index (χ2n) is 7.60. The van der Waals surface area contributed by atoms with Crippen LogP contribution in [0.25, 0.3) is 0 Å². The number of carbonyl (C=O) groups is 1. The molecule has 7 nitrogen and oxygen atoms in total. The first-order valence-corrected chi connectivity index (χ1v) is 11.7. The molecule has 1 aliphatic heterocycles. The Balaban J connectivity index is 1.48. The lowest BCUT2D eigenvalue weighted by molar-refractivity contribution is -0.131. The fourth-order valence-corrected chi connectivity index (χ4v) is 5.83. The second-order valence-corrected chi connectivity index (χ2v) is 10.3. The van der Waals surface area contributed by atoms with Crippen LogP contribution in [0.2, 0.25) is 5.02 Å². The third-order valence-corrected chi connectivity index (χ3v) is 8.00. The molecule has 0 unspecified atom stereocenters. The van der Waals surface area contributed by atoms with E-state index in [1.807, 2.05) is 0 Å². The van der Waals surface area contributed by atoms with Gasteiger partial charge in [-0.25, -0.2) is 13.4 Å². The Morgan fingerprint density at radius 1 is 1.17 bits per heavy atom. The van der Waals surface area contributed by atoms with E-state index in [2.05, 4.69) is 4.98 Å². The number of halogens is 1. The van der Waals surface area contributed by atoms with E-state index < -0.39 is 15.1 Å². The van der Waals surface area contributed by atoms with Crippen molar-refractivity contribution in [2.45, 2.75) is 37.0 Å². The molecule has 2 aromatic rings. The SMILES string of the molecule is O=C(Cn1cnc(C2CC2)cc1=O)N1CC[C@H](c2ccccc2Cl)S(=O)(=O)CC1. The van der Waals surface area contributed by atoms with Gasteiger partial charge in [0, 0.05) is 30.1 Å². The first-order chi connectivity index (χ1) is 13.8. The van der Waals surface area contributed by atoms with Crippen LogP contribution in [0.3, 0.4) is 0 Å². The summed E-state index contributed by atoms with van der Waals surface area (Å²) in [7, 11) is -3.45. The van der Waals surface area contributed by atoms with Gasteiger partial charge in [-0.15, -0.1) is 0 Å². The van der Waals surface area contributed by atoms with Gasteiger partial charge in [-0.3, -0.25) is 14.2 Å². The molecule has 2 heterocycles. The summed E-state index contributed by atoms with van der Waals surface area (Å²) in [5.41, 5.74) is 1.09. The predicted molar refractivity (Wildman–Crippen MR) is 110 cm³/mol. The van der Waals surface area contributed by atoms with Crippen LogP contribution >= 0.6 is 11.6 Å². The maximum Gasteiger partial charge on any atom is 0.254 e. The van der Waals surface area contributed by atoms with Crippen LogP contribution in [0.5, 0.6) is 0 Å². The zero-order valence-corrected chi connectivity index (χ0v) is 17.4. The summed E-state index contributed by atoms with van der Waals surface area (Å²) >= 11 is 6.21. The Hall–Kier alpha value is -2.19. The molecule has 1 aromatic carbocycles. The Morgan fingerprint density at radius 3 is 2.62 bits per heavy atom. The lowest BCUT2D eigenvalue weighted by Gasteiger charge is -2.20. The van der Waals surface area contributed by atoms with Gasteiger partial charge in [0.1, 0.15) is 6.54 Å². The Labute approximate surface area is 174 Å². The molecule has 1 aliphatic carbocycles. The molecule has 9 heteroatoms. The molecular weight excluding hydrogens is 414 g/mol. The highest BCUT2D eigenvalue weighted by Gasteiger charge is 2.34. The maximum atomic E-state index is 12.8. The minimum Gasteiger partial charge on any atom is -0.340 e. The van der Waals surface area contributed by atoms with Gasteiger partial charge in [-0.2, -0.15) is 0 Å². The molecule has 1 saturated carbocycles. The van der Waals surface area contributed by atoms with Crippen molar-refractivity contribution < 1.29 is 13.2 Å². The van der Waals surface area contributed by atoms with Crippen molar-refractivity contribution in [1.29, 1.82) is 0 Å². The topological polar surface area (TPSA) is 89.3 Å². The Bertz CT molecular complexity index is 1090. The van der Waals surface area contributed by atoms with E-state index in [0.717, 1.165) is 18.5 Å². The van der Waals surface area contributed by atoms with E-state index in [1.54, 1.807) is 24.3 Å². The van der Waals surface area contributed by atoms with Crippen LogP contribution in [0.1, 0.15) is 41.7 Å². The molecule has 4 rings (SSSR count).